The minimum atomic E-state index is -1.00. The number of fused-ring (bicyclic) bond motifs is 1. The van der Waals surface area contributed by atoms with Gasteiger partial charge in [-0.25, -0.2) is 4.79 Å². The molecule has 88 valence electrons. The van der Waals surface area contributed by atoms with E-state index in [0.717, 1.165) is 12.2 Å². The Hall–Kier alpha value is -1.62. The van der Waals surface area contributed by atoms with E-state index in [1.807, 2.05) is 0 Å². The molecule has 3 rings (SSSR count). The van der Waals surface area contributed by atoms with E-state index in [1.165, 1.54) is 25.1 Å². The minimum Gasteiger partial charge on any atom is -0.478 e. The van der Waals surface area contributed by atoms with Crippen molar-refractivity contribution in [3.8, 4) is 0 Å². The molecule has 2 aromatic heterocycles. The van der Waals surface area contributed by atoms with Gasteiger partial charge in [0.2, 0.25) is 0 Å². The molecule has 1 aliphatic carbocycles. The maximum absolute atomic E-state index is 11.0. The number of hydrogen-bond acceptors (Lipinski definition) is 3. The van der Waals surface area contributed by atoms with Crippen LogP contribution < -0.4 is 0 Å². The van der Waals surface area contributed by atoms with Crippen LogP contribution in [0.25, 0.3) is 5.65 Å². The van der Waals surface area contributed by atoms with Gasteiger partial charge in [-0.1, -0.05) is 11.6 Å². The van der Waals surface area contributed by atoms with E-state index in [9.17, 15) is 4.79 Å². The standard InChI is InChI=1S/C11H10ClN3O2/c12-8-4-7(11(16)17)5-15-9(3-6-1-2-6)13-14-10(8)15/h4-6H,1-3H2,(H,16,17). The van der Waals surface area contributed by atoms with E-state index < -0.39 is 5.97 Å². The van der Waals surface area contributed by atoms with Crippen LogP contribution in [0.4, 0.5) is 0 Å². The highest BCUT2D eigenvalue weighted by atomic mass is 35.5. The summed E-state index contributed by atoms with van der Waals surface area (Å²) in [5, 5.41) is 17.4. The third kappa shape index (κ3) is 1.86. The normalized spacial score (nSPS) is 15.4. The monoisotopic (exact) mass is 251 g/mol. The van der Waals surface area contributed by atoms with Gasteiger partial charge >= 0.3 is 5.97 Å². The molecule has 0 saturated heterocycles. The Labute approximate surface area is 102 Å². The Morgan fingerprint density at radius 1 is 1.53 bits per heavy atom. The zero-order valence-corrected chi connectivity index (χ0v) is 9.68. The van der Waals surface area contributed by atoms with Crippen LogP contribution in [0.3, 0.4) is 0 Å². The van der Waals surface area contributed by atoms with E-state index in [1.54, 1.807) is 4.40 Å². The summed E-state index contributed by atoms with van der Waals surface area (Å²) in [4.78, 5) is 11.0. The lowest BCUT2D eigenvalue weighted by atomic mass is 10.2. The fourth-order valence-electron chi connectivity index (χ4n) is 1.84. The SMILES string of the molecule is O=C(O)c1cc(Cl)c2nnc(CC3CC3)n2c1. The molecule has 1 N–H and O–H groups in total. The van der Waals surface area contributed by atoms with E-state index >= 15 is 0 Å². The van der Waals surface area contributed by atoms with Crippen LogP contribution in [0, 0.1) is 5.92 Å². The van der Waals surface area contributed by atoms with Gasteiger partial charge in [0.05, 0.1) is 10.6 Å². The first-order chi connectivity index (χ1) is 8.15. The molecule has 1 fully saturated rings. The first kappa shape index (κ1) is 10.5. The third-order valence-corrected chi connectivity index (χ3v) is 3.22. The molecule has 0 unspecified atom stereocenters. The Balaban J connectivity index is 2.14. The Bertz CT molecular complexity index is 604. The summed E-state index contributed by atoms with van der Waals surface area (Å²) in [5.74, 6) is 0.446. The summed E-state index contributed by atoms with van der Waals surface area (Å²) in [6, 6.07) is 1.40. The molecule has 6 heteroatoms. The smallest absolute Gasteiger partial charge is 0.337 e. The highest BCUT2D eigenvalue weighted by Gasteiger charge is 2.24. The topological polar surface area (TPSA) is 67.5 Å². The Morgan fingerprint density at radius 3 is 2.94 bits per heavy atom. The fraction of sp³-hybridized carbons (Fsp3) is 0.364. The molecule has 17 heavy (non-hydrogen) atoms. The van der Waals surface area contributed by atoms with Crippen LogP contribution in [0.1, 0.15) is 29.0 Å². The third-order valence-electron chi connectivity index (χ3n) is 2.95. The van der Waals surface area contributed by atoms with E-state index in [2.05, 4.69) is 10.2 Å². The van der Waals surface area contributed by atoms with Gasteiger partial charge < -0.3 is 5.11 Å². The highest BCUT2D eigenvalue weighted by Crippen LogP contribution is 2.32. The van der Waals surface area contributed by atoms with Crippen LogP contribution in [0.15, 0.2) is 12.3 Å². The Kier molecular flexibility index (Phi) is 2.29. The van der Waals surface area contributed by atoms with E-state index in [-0.39, 0.29) is 5.56 Å². The second kappa shape index (κ2) is 3.70. The highest BCUT2D eigenvalue weighted by molar-refractivity contribution is 6.33. The lowest BCUT2D eigenvalue weighted by molar-refractivity contribution is 0.0696. The van der Waals surface area contributed by atoms with Crippen LogP contribution in [0.2, 0.25) is 5.02 Å². The predicted octanol–water partition coefficient (Wildman–Crippen LogP) is 2.03. The van der Waals surface area contributed by atoms with Gasteiger partial charge in [0, 0.05) is 12.6 Å². The molecular formula is C11H10ClN3O2. The summed E-state index contributed by atoms with van der Waals surface area (Å²) in [5.41, 5.74) is 0.673. The molecule has 1 saturated carbocycles. The van der Waals surface area contributed by atoms with Crippen LogP contribution >= 0.6 is 11.6 Å². The largest absolute Gasteiger partial charge is 0.478 e. The molecular weight excluding hydrogens is 242 g/mol. The molecule has 2 heterocycles. The molecule has 0 atom stereocenters. The zero-order chi connectivity index (χ0) is 12.0. The maximum atomic E-state index is 11.0. The average Bonchev–Trinajstić information content (AvgIpc) is 2.99. The zero-order valence-electron chi connectivity index (χ0n) is 8.93. The minimum absolute atomic E-state index is 0.152. The van der Waals surface area contributed by atoms with Crippen molar-refractivity contribution in [1.29, 1.82) is 0 Å². The van der Waals surface area contributed by atoms with Gasteiger partial charge in [0.1, 0.15) is 5.82 Å². The second-order valence-corrected chi connectivity index (χ2v) is 4.75. The fourth-order valence-corrected chi connectivity index (χ4v) is 2.08. The van der Waals surface area contributed by atoms with Crippen LogP contribution in [-0.2, 0) is 6.42 Å². The molecule has 5 nitrogen and oxygen atoms in total. The average molecular weight is 252 g/mol. The second-order valence-electron chi connectivity index (χ2n) is 4.34. The van der Waals surface area contributed by atoms with Crippen molar-refractivity contribution in [2.24, 2.45) is 5.92 Å². The van der Waals surface area contributed by atoms with Gasteiger partial charge in [-0.05, 0) is 24.8 Å². The first-order valence-electron chi connectivity index (χ1n) is 5.41. The van der Waals surface area contributed by atoms with Crippen LogP contribution in [-0.4, -0.2) is 25.7 Å². The van der Waals surface area contributed by atoms with Gasteiger partial charge in [-0.3, -0.25) is 4.40 Å². The predicted molar refractivity (Wildman–Crippen MR) is 61.4 cm³/mol. The number of carbonyl (C=O) groups is 1. The van der Waals surface area contributed by atoms with Crippen molar-refractivity contribution in [2.45, 2.75) is 19.3 Å². The summed E-state index contributed by atoms with van der Waals surface area (Å²) < 4.78 is 1.68. The Morgan fingerprint density at radius 2 is 2.29 bits per heavy atom. The van der Waals surface area contributed by atoms with Crippen molar-refractivity contribution in [1.82, 2.24) is 14.6 Å². The molecule has 0 aromatic carbocycles. The molecule has 0 spiro atoms. The molecule has 0 amide bonds. The molecule has 0 bridgehead atoms. The van der Waals surface area contributed by atoms with Gasteiger partial charge in [0.25, 0.3) is 0 Å². The first-order valence-corrected chi connectivity index (χ1v) is 5.79. The summed E-state index contributed by atoms with van der Waals surface area (Å²) >= 11 is 5.99. The number of aromatic carboxylic acids is 1. The molecule has 1 aliphatic rings. The van der Waals surface area contributed by atoms with Crippen molar-refractivity contribution in [3.05, 3.63) is 28.7 Å². The number of halogens is 1. The quantitative estimate of drug-likeness (QED) is 0.906. The van der Waals surface area contributed by atoms with Crippen molar-refractivity contribution >= 4 is 23.2 Å². The lowest BCUT2D eigenvalue weighted by Crippen LogP contribution is -2.02. The summed E-state index contributed by atoms with van der Waals surface area (Å²) in [7, 11) is 0. The van der Waals surface area contributed by atoms with E-state index in [4.69, 9.17) is 16.7 Å². The number of aromatic nitrogens is 3. The molecule has 0 radical (unpaired) electrons. The summed E-state index contributed by atoms with van der Waals surface area (Å²) in [6.45, 7) is 0. The number of pyridine rings is 1. The number of nitrogens with zero attached hydrogens (tertiary/aromatic N) is 3. The molecule has 0 aliphatic heterocycles. The van der Waals surface area contributed by atoms with Gasteiger partial charge in [0.15, 0.2) is 5.65 Å². The van der Waals surface area contributed by atoms with E-state index in [0.29, 0.717) is 16.6 Å². The van der Waals surface area contributed by atoms with Crippen molar-refractivity contribution in [3.63, 3.8) is 0 Å². The number of carboxylic acids is 1. The van der Waals surface area contributed by atoms with Gasteiger partial charge in [-0.2, -0.15) is 0 Å². The van der Waals surface area contributed by atoms with Crippen molar-refractivity contribution < 1.29 is 9.90 Å². The van der Waals surface area contributed by atoms with Crippen LogP contribution in [0.5, 0.6) is 0 Å². The number of carboxylic acid groups (broad SMARTS) is 1. The number of hydrogen-bond donors (Lipinski definition) is 1. The van der Waals surface area contributed by atoms with Crippen molar-refractivity contribution in [2.75, 3.05) is 0 Å². The maximum Gasteiger partial charge on any atom is 0.337 e. The lowest BCUT2D eigenvalue weighted by Gasteiger charge is -2.02. The number of rotatable bonds is 3. The van der Waals surface area contributed by atoms with Gasteiger partial charge in [-0.15, -0.1) is 10.2 Å². The summed E-state index contributed by atoms with van der Waals surface area (Å²) in [6.07, 6.45) is 4.78. The molecule has 2 aromatic rings.